The van der Waals surface area contributed by atoms with Gasteiger partial charge in [0.25, 0.3) is 0 Å². The fraction of sp³-hybridized carbons (Fsp3) is 0.143. The first kappa shape index (κ1) is 14.0. The number of hydrogen-bond acceptors (Lipinski definition) is 5. The van der Waals surface area contributed by atoms with Gasteiger partial charge in [0.1, 0.15) is 0 Å². The Morgan fingerprint density at radius 3 is 1.72 bits per heavy atom. The molecule has 0 aliphatic carbocycles. The van der Waals surface area contributed by atoms with Crippen molar-refractivity contribution in [2.45, 2.75) is 6.18 Å². The fourth-order valence-corrected chi connectivity index (χ4v) is 1.35. The summed E-state index contributed by atoms with van der Waals surface area (Å²) in [5.41, 5.74) is -4.57. The molecule has 7 nitrogen and oxygen atoms in total. The molecule has 0 amide bonds. The zero-order valence-electron chi connectivity index (χ0n) is 8.19. The Kier molecular flexibility index (Phi) is 3.60. The standard InChI is InChI=1S/C7H3ClF3N3O4/c8-12-6-4(13(15)16)1-3(7(9,10)11)2-5(6)14(17)18/h1-2,12H. The Balaban J connectivity index is 3.65. The molecular formula is C7H3ClF3N3O4. The van der Waals surface area contributed by atoms with Crippen molar-refractivity contribution in [1.82, 2.24) is 0 Å². The quantitative estimate of drug-likeness (QED) is 0.522. The summed E-state index contributed by atoms with van der Waals surface area (Å²) >= 11 is 5.05. The third-order valence-corrected chi connectivity index (χ3v) is 2.10. The number of alkyl halides is 3. The number of hydrogen-bond donors (Lipinski definition) is 1. The van der Waals surface area contributed by atoms with Gasteiger partial charge >= 0.3 is 17.6 Å². The maximum Gasteiger partial charge on any atom is 0.416 e. The van der Waals surface area contributed by atoms with Gasteiger partial charge in [0.05, 0.1) is 15.4 Å². The van der Waals surface area contributed by atoms with E-state index in [1.54, 1.807) is 4.84 Å². The second-order valence-electron chi connectivity index (χ2n) is 3.00. The maximum atomic E-state index is 12.4. The number of nitro benzene ring substituents is 2. The molecule has 1 N–H and O–H groups in total. The summed E-state index contributed by atoms with van der Waals surface area (Å²) < 4.78 is 37.2. The van der Waals surface area contributed by atoms with Gasteiger partial charge in [0.2, 0.25) is 5.69 Å². The third kappa shape index (κ3) is 2.59. The van der Waals surface area contributed by atoms with Gasteiger partial charge in [0, 0.05) is 23.9 Å². The summed E-state index contributed by atoms with van der Waals surface area (Å²) in [6, 6.07) is 0.329. The Morgan fingerprint density at radius 2 is 1.50 bits per heavy atom. The predicted molar refractivity (Wildman–Crippen MR) is 54.2 cm³/mol. The van der Waals surface area contributed by atoms with Crippen LogP contribution in [0.15, 0.2) is 12.1 Å². The van der Waals surface area contributed by atoms with Crippen molar-refractivity contribution in [3.8, 4) is 0 Å². The van der Waals surface area contributed by atoms with Crippen molar-refractivity contribution in [3.05, 3.63) is 37.9 Å². The first-order valence-electron chi connectivity index (χ1n) is 4.09. The van der Waals surface area contributed by atoms with E-state index >= 15 is 0 Å². The van der Waals surface area contributed by atoms with Crippen LogP contribution < -0.4 is 4.84 Å². The molecule has 0 radical (unpaired) electrons. The highest BCUT2D eigenvalue weighted by molar-refractivity contribution is 6.25. The molecule has 0 fully saturated rings. The van der Waals surface area contributed by atoms with E-state index < -0.39 is 38.6 Å². The highest BCUT2D eigenvalue weighted by atomic mass is 35.5. The molecule has 1 rings (SSSR count). The molecule has 0 aromatic heterocycles. The minimum Gasteiger partial charge on any atom is -0.286 e. The lowest BCUT2D eigenvalue weighted by molar-refractivity contribution is -0.392. The monoisotopic (exact) mass is 285 g/mol. The minimum absolute atomic E-state index is 0.164. The average Bonchev–Trinajstić information content (AvgIpc) is 2.25. The van der Waals surface area contributed by atoms with Crippen LogP contribution >= 0.6 is 11.8 Å². The Labute approximate surface area is 102 Å². The van der Waals surface area contributed by atoms with Gasteiger partial charge in [-0.2, -0.15) is 13.2 Å². The molecule has 0 aliphatic rings. The van der Waals surface area contributed by atoms with E-state index in [9.17, 15) is 33.4 Å². The maximum absolute atomic E-state index is 12.4. The number of nitro groups is 2. The largest absolute Gasteiger partial charge is 0.416 e. The predicted octanol–water partition coefficient (Wildman–Crippen LogP) is 3.09. The van der Waals surface area contributed by atoms with Gasteiger partial charge in [-0.05, 0) is 0 Å². The van der Waals surface area contributed by atoms with Crippen LogP contribution in [0.1, 0.15) is 5.56 Å². The van der Waals surface area contributed by atoms with E-state index in [2.05, 4.69) is 0 Å². The van der Waals surface area contributed by atoms with Crippen molar-refractivity contribution in [3.63, 3.8) is 0 Å². The zero-order chi connectivity index (χ0) is 14.1. The van der Waals surface area contributed by atoms with Crippen LogP contribution in [0, 0.1) is 20.2 Å². The zero-order valence-corrected chi connectivity index (χ0v) is 8.95. The van der Waals surface area contributed by atoms with Crippen LogP contribution in [-0.4, -0.2) is 9.85 Å². The van der Waals surface area contributed by atoms with Crippen LogP contribution in [0.25, 0.3) is 0 Å². The van der Waals surface area contributed by atoms with Crippen molar-refractivity contribution in [2.75, 3.05) is 4.84 Å². The molecule has 11 heteroatoms. The first-order valence-corrected chi connectivity index (χ1v) is 4.47. The van der Waals surface area contributed by atoms with Gasteiger partial charge in [-0.15, -0.1) is 0 Å². The third-order valence-electron chi connectivity index (χ3n) is 1.91. The number of benzene rings is 1. The van der Waals surface area contributed by atoms with Gasteiger partial charge in [0.15, 0.2) is 0 Å². The lowest BCUT2D eigenvalue weighted by Gasteiger charge is -2.08. The Hall–Kier alpha value is -2.10. The van der Waals surface area contributed by atoms with E-state index in [1.165, 1.54) is 0 Å². The summed E-state index contributed by atoms with van der Waals surface area (Å²) in [7, 11) is 0. The molecule has 0 saturated heterocycles. The highest BCUT2D eigenvalue weighted by Gasteiger charge is 2.37. The minimum atomic E-state index is -4.94. The number of nitrogens with zero attached hydrogens (tertiary/aromatic N) is 2. The summed E-state index contributed by atoms with van der Waals surface area (Å²) in [6.45, 7) is 0. The number of rotatable bonds is 3. The molecule has 98 valence electrons. The van der Waals surface area contributed by atoms with E-state index in [4.69, 9.17) is 11.8 Å². The molecule has 0 bridgehead atoms. The van der Waals surface area contributed by atoms with E-state index in [0.29, 0.717) is 0 Å². The molecule has 0 atom stereocenters. The topological polar surface area (TPSA) is 98.3 Å². The lowest BCUT2D eigenvalue weighted by atomic mass is 10.1. The number of anilines is 1. The normalized spacial score (nSPS) is 11.1. The fourth-order valence-electron chi connectivity index (χ4n) is 1.16. The van der Waals surface area contributed by atoms with Gasteiger partial charge in [-0.3, -0.25) is 25.1 Å². The van der Waals surface area contributed by atoms with Crippen LogP contribution in [0.5, 0.6) is 0 Å². The van der Waals surface area contributed by atoms with E-state index in [1.807, 2.05) is 0 Å². The molecule has 1 aromatic carbocycles. The van der Waals surface area contributed by atoms with Crippen LogP contribution in [0.3, 0.4) is 0 Å². The molecule has 0 saturated carbocycles. The number of nitrogens with one attached hydrogen (secondary N) is 1. The van der Waals surface area contributed by atoms with Crippen molar-refractivity contribution < 1.29 is 23.0 Å². The van der Waals surface area contributed by atoms with E-state index in [0.717, 1.165) is 0 Å². The summed E-state index contributed by atoms with van der Waals surface area (Å²) in [5.74, 6) is 0. The molecule has 0 unspecified atom stereocenters. The van der Waals surface area contributed by atoms with Gasteiger partial charge in [-0.25, -0.2) is 0 Å². The SMILES string of the molecule is O=[N+]([O-])c1cc(C(F)(F)F)cc([N+](=O)[O-])c1NCl. The van der Waals surface area contributed by atoms with E-state index in [-0.39, 0.29) is 12.1 Å². The molecule has 0 spiro atoms. The summed E-state index contributed by atoms with van der Waals surface area (Å²) in [5, 5.41) is 21.1. The van der Waals surface area contributed by atoms with Gasteiger partial charge in [-0.1, -0.05) is 0 Å². The van der Waals surface area contributed by atoms with Crippen molar-refractivity contribution >= 4 is 28.8 Å². The first-order chi connectivity index (χ1) is 8.18. The second kappa shape index (κ2) is 4.64. The van der Waals surface area contributed by atoms with Crippen molar-refractivity contribution in [1.29, 1.82) is 0 Å². The Bertz CT molecular complexity index is 484. The molecule has 0 heterocycles. The summed E-state index contributed by atoms with van der Waals surface area (Å²) in [4.78, 5) is 20.3. The second-order valence-corrected chi connectivity index (χ2v) is 3.18. The lowest BCUT2D eigenvalue weighted by Crippen LogP contribution is -2.08. The smallest absolute Gasteiger partial charge is 0.286 e. The Morgan fingerprint density at radius 1 is 1.11 bits per heavy atom. The molecule has 0 aliphatic heterocycles. The molecular weight excluding hydrogens is 283 g/mol. The molecule has 1 aromatic rings. The average molecular weight is 286 g/mol. The number of halogens is 4. The molecule has 18 heavy (non-hydrogen) atoms. The van der Waals surface area contributed by atoms with Crippen LogP contribution in [0.2, 0.25) is 0 Å². The van der Waals surface area contributed by atoms with Crippen molar-refractivity contribution in [2.24, 2.45) is 0 Å². The van der Waals surface area contributed by atoms with Crippen LogP contribution in [-0.2, 0) is 6.18 Å². The van der Waals surface area contributed by atoms with Gasteiger partial charge < -0.3 is 0 Å². The highest BCUT2D eigenvalue weighted by Crippen LogP contribution is 2.41. The van der Waals surface area contributed by atoms with Crippen LogP contribution in [0.4, 0.5) is 30.2 Å². The summed E-state index contributed by atoms with van der Waals surface area (Å²) in [6.07, 6.45) is -4.94.